The summed E-state index contributed by atoms with van der Waals surface area (Å²) in [5.74, 6) is 0. The third-order valence-electron chi connectivity index (χ3n) is 3.75. The number of benzene rings is 2. The number of nitrogens with one attached hydrogen (secondary N) is 1. The summed E-state index contributed by atoms with van der Waals surface area (Å²) in [5, 5.41) is 7.16. The van der Waals surface area contributed by atoms with Gasteiger partial charge in [-0.3, -0.25) is 5.43 Å². The molecule has 1 amide bonds. The number of aromatic nitrogens is 2. The summed E-state index contributed by atoms with van der Waals surface area (Å²) < 4.78 is 28.4. The van der Waals surface area contributed by atoms with Gasteiger partial charge in [-0.15, -0.1) is 0 Å². The van der Waals surface area contributed by atoms with Crippen molar-refractivity contribution in [2.24, 2.45) is 5.14 Å². The molecular formula is C19H21N5O4S. The molecule has 0 aliphatic carbocycles. The Morgan fingerprint density at radius 1 is 1.14 bits per heavy atom. The van der Waals surface area contributed by atoms with E-state index in [4.69, 9.17) is 9.88 Å². The van der Waals surface area contributed by atoms with Crippen LogP contribution >= 0.6 is 0 Å². The fraction of sp³-hybridized carbons (Fsp3) is 0.211. The average Bonchev–Trinajstić information content (AvgIpc) is 2.64. The second-order valence-corrected chi connectivity index (χ2v) is 8.82. The van der Waals surface area contributed by atoms with E-state index in [0.717, 1.165) is 5.39 Å². The van der Waals surface area contributed by atoms with Crippen molar-refractivity contribution >= 4 is 38.4 Å². The lowest BCUT2D eigenvalue weighted by atomic mass is 10.2. The Bertz CT molecular complexity index is 1140. The van der Waals surface area contributed by atoms with Crippen LogP contribution < -0.4 is 15.6 Å². The van der Waals surface area contributed by atoms with Gasteiger partial charge in [0.25, 0.3) is 0 Å². The van der Waals surface area contributed by atoms with Crippen LogP contribution in [-0.2, 0) is 14.8 Å². The van der Waals surface area contributed by atoms with E-state index in [1.54, 1.807) is 45.2 Å². The number of hydrogen-bond acceptors (Lipinski definition) is 7. The third-order valence-corrected chi connectivity index (χ3v) is 4.68. The van der Waals surface area contributed by atoms with Crippen LogP contribution in [0.1, 0.15) is 20.8 Å². The molecule has 1 heterocycles. The van der Waals surface area contributed by atoms with Crippen LogP contribution in [0, 0.1) is 0 Å². The van der Waals surface area contributed by atoms with Crippen LogP contribution in [-0.4, -0.2) is 30.1 Å². The Hall–Kier alpha value is -3.24. The van der Waals surface area contributed by atoms with Gasteiger partial charge in [0.2, 0.25) is 10.0 Å². The smallest absolute Gasteiger partial charge is 0.433 e. The van der Waals surface area contributed by atoms with Crippen molar-refractivity contribution in [2.45, 2.75) is 31.3 Å². The molecule has 0 aliphatic heterocycles. The number of hydrazine groups is 1. The van der Waals surface area contributed by atoms with E-state index in [1.807, 2.05) is 0 Å². The van der Waals surface area contributed by atoms with Gasteiger partial charge in [0, 0.05) is 11.6 Å². The maximum absolute atomic E-state index is 12.8. The Labute approximate surface area is 168 Å². The van der Waals surface area contributed by atoms with Gasteiger partial charge in [-0.25, -0.2) is 28.3 Å². The minimum absolute atomic E-state index is 0.0331. The summed E-state index contributed by atoms with van der Waals surface area (Å²) in [4.78, 5) is 21.0. The second kappa shape index (κ2) is 7.64. The normalized spacial score (nSPS) is 11.9. The lowest BCUT2D eigenvalue weighted by molar-refractivity contribution is 0.0589. The van der Waals surface area contributed by atoms with Crippen molar-refractivity contribution in [3.63, 3.8) is 0 Å². The number of nitrogens with zero attached hydrogens (tertiary/aromatic N) is 3. The van der Waals surface area contributed by atoms with E-state index in [-0.39, 0.29) is 4.90 Å². The predicted molar refractivity (Wildman–Crippen MR) is 110 cm³/mol. The lowest BCUT2D eigenvalue weighted by Crippen LogP contribution is -2.40. The van der Waals surface area contributed by atoms with Crippen LogP contribution in [0.4, 0.5) is 16.2 Å². The highest BCUT2D eigenvalue weighted by Crippen LogP contribution is 2.24. The van der Waals surface area contributed by atoms with Crippen molar-refractivity contribution < 1.29 is 17.9 Å². The summed E-state index contributed by atoms with van der Waals surface area (Å²) in [6, 6.07) is 10.9. The molecule has 0 bridgehead atoms. The Kier molecular flexibility index (Phi) is 5.40. The van der Waals surface area contributed by atoms with Crippen molar-refractivity contribution in [1.82, 2.24) is 9.97 Å². The number of rotatable bonds is 4. The highest BCUT2D eigenvalue weighted by Gasteiger charge is 2.24. The van der Waals surface area contributed by atoms with E-state index in [9.17, 15) is 13.2 Å². The van der Waals surface area contributed by atoms with Crippen molar-refractivity contribution in [3.05, 3.63) is 55.0 Å². The minimum atomic E-state index is -3.81. The molecule has 10 heteroatoms. The Morgan fingerprint density at radius 2 is 1.83 bits per heavy atom. The quantitative estimate of drug-likeness (QED) is 0.627. The topological polar surface area (TPSA) is 128 Å². The molecule has 3 N–H and O–H groups in total. The molecule has 0 fully saturated rings. The van der Waals surface area contributed by atoms with Gasteiger partial charge in [0.15, 0.2) is 0 Å². The lowest BCUT2D eigenvalue weighted by Gasteiger charge is -2.28. The van der Waals surface area contributed by atoms with Crippen molar-refractivity contribution in [1.29, 1.82) is 0 Å². The molecule has 0 atom stereocenters. The number of nitrogens with two attached hydrogens (primary N) is 1. The number of hydrogen-bond donors (Lipinski definition) is 2. The zero-order valence-corrected chi connectivity index (χ0v) is 17.0. The molecule has 152 valence electrons. The maximum atomic E-state index is 12.8. The van der Waals surface area contributed by atoms with Gasteiger partial charge in [-0.2, -0.15) is 5.01 Å². The van der Waals surface area contributed by atoms with Crippen molar-refractivity contribution in [2.75, 3.05) is 10.4 Å². The van der Waals surface area contributed by atoms with Gasteiger partial charge < -0.3 is 4.74 Å². The van der Waals surface area contributed by atoms with Crippen LogP contribution in [0.25, 0.3) is 10.9 Å². The van der Waals surface area contributed by atoms with E-state index in [0.29, 0.717) is 16.9 Å². The second-order valence-electron chi connectivity index (χ2n) is 7.26. The molecule has 3 aromatic rings. The van der Waals surface area contributed by atoms with E-state index < -0.39 is 21.7 Å². The van der Waals surface area contributed by atoms with Crippen LogP contribution in [0.5, 0.6) is 0 Å². The van der Waals surface area contributed by atoms with Gasteiger partial charge in [0.05, 0.1) is 21.8 Å². The summed E-state index contributed by atoms with van der Waals surface area (Å²) in [7, 11) is -3.81. The van der Waals surface area contributed by atoms with E-state index in [2.05, 4.69) is 15.4 Å². The molecule has 0 spiro atoms. The molecular weight excluding hydrogens is 394 g/mol. The van der Waals surface area contributed by atoms with Crippen LogP contribution in [0.15, 0.2) is 59.9 Å². The largest absolute Gasteiger partial charge is 0.442 e. The summed E-state index contributed by atoms with van der Waals surface area (Å²) >= 11 is 0. The van der Waals surface area contributed by atoms with Gasteiger partial charge in [0.1, 0.15) is 11.9 Å². The summed E-state index contributed by atoms with van der Waals surface area (Å²) in [6.07, 6.45) is 2.45. The number of anilines is 2. The highest BCUT2D eigenvalue weighted by atomic mass is 32.2. The number of ether oxygens (including phenoxy) is 1. The number of primary sulfonamides is 1. The summed E-state index contributed by atoms with van der Waals surface area (Å²) in [5.41, 5.74) is 3.83. The van der Waals surface area contributed by atoms with E-state index >= 15 is 0 Å². The Balaban J connectivity index is 1.97. The van der Waals surface area contributed by atoms with Crippen LogP contribution in [0.3, 0.4) is 0 Å². The molecule has 3 rings (SSSR count). The fourth-order valence-corrected chi connectivity index (χ4v) is 2.99. The first-order valence-electron chi connectivity index (χ1n) is 8.65. The Morgan fingerprint density at radius 3 is 2.45 bits per heavy atom. The molecule has 0 radical (unpaired) electrons. The molecule has 1 aromatic heterocycles. The maximum Gasteiger partial charge on any atom is 0.433 e. The van der Waals surface area contributed by atoms with E-state index in [1.165, 1.54) is 35.6 Å². The molecule has 9 nitrogen and oxygen atoms in total. The molecule has 2 aromatic carbocycles. The number of fused-ring (bicyclic) bond motifs is 1. The minimum Gasteiger partial charge on any atom is -0.442 e. The predicted octanol–water partition coefficient (Wildman–Crippen LogP) is 3.05. The monoisotopic (exact) mass is 415 g/mol. The van der Waals surface area contributed by atoms with Gasteiger partial charge >= 0.3 is 6.09 Å². The van der Waals surface area contributed by atoms with Gasteiger partial charge in [-0.05, 0) is 63.2 Å². The zero-order valence-electron chi connectivity index (χ0n) is 16.2. The standard InChI is InChI=1S/C19H21N5O4S/c1-19(2,3)28-18(25)24(15-7-4-13-11-21-12-22-17(13)10-15)23-14-5-8-16(9-6-14)29(20,26)27/h4-12,23H,1-3H3,(H2,20,26,27). The molecule has 0 saturated heterocycles. The first-order chi connectivity index (χ1) is 13.5. The third kappa shape index (κ3) is 5.18. The number of amides is 1. The highest BCUT2D eigenvalue weighted by molar-refractivity contribution is 7.89. The SMILES string of the molecule is CC(C)(C)OC(=O)N(Nc1ccc(S(N)(=O)=O)cc1)c1ccc2cncnc2c1. The van der Waals surface area contributed by atoms with Crippen molar-refractivity contribution in [3.8, 4) is 0 Å². The number of sulfonamides is 1. The number of carbonyl (C=O) groups excluding carboxylic acids is 1. The summed E-state index contributed by atoms with van der Waals surface area (Å²) in [6.45, 7) is 5.28. The zero-order chi connectivity index (χ0) is 21.2. The van der Waals surface area contributed by atoms with Crippen LogP contribution in [0.2, 0.25) is 0 Å². The first-order valence-corrected chi connectivity index (χ1v) is 10.2. The molecule has 0 aliphatic rings. The molecule has 0 saturated carbocycles. The first kappa shape index (κ1) is 20.5. The molecule has 0 unspecified atom stereocenters. The average molecular weight is 415 g/mol. The fourth-order valence-electron chi connectivity index (χ4n) is 2.47. The molecule has 29 heavy (non-hydrogen) atoms. The number of carbonyl (C=O) groups is 1. The van der Waals surface area contributed by atoms with Gasteiger partial charge in [-0.1, -0.05) is 0 Å².